The predicted molar refractivity (Wildman–Crippen MR) is 109 cm³/mol. The fourth-order valence-corrected chi connectivity index (χ4v) is 5.31. The van der Waals surface area contributed by atoms with Crippen molar-refractivity contribution in [3.8, 4) is 0 Å². The molecule has 2 aromatic carbocycles. The summed E-state index contributed by atoms with van der Waals surface area (Å²) < 4.78 is 27.7. The molecule has 0 spiro atoms. The summed E-state index contributed by atoms with van der Waals surface area (Å²) in [4.78, 5) is 16.9. The van der Waals surface area contributed by atoms with Crippen LogP contribution in [0.5, 0.6) is 0 Å². The van der Waals surface area contributed by atoms with Crippen LogP contribution in [0, 0.1) is 0 Å². The highest BCUT2D eigenvalue weighted by atomic mass is 35.5. The molecule has 2 heterocycles. The van der Waals surface area contributed by atoms with Crippen LogP contribution < -0.4 is 5.32 Å². The third-order valence-corrected chi connectivity index (χ3v) is 7.06. The maximum atomic E-state index is 13.2. The third kappa shape index (κ3) is 3.48. The summed E-state index contributed by atoms with van der Waals surface area (Å²) in [6.07, 6.45) is 2.59. The lowest BCUT2D eigenvalue weighted by Crippen LogP contribution is -2.43. The highest BCUT2D eigenvalue weighted by Gasteiger charge is 2.39. The molecule has 1 aromatic heterocycles. The Morgan fingerprint density at radius 2 is 1.89 bits per heavy atom. The van der Waals surface area contributed by atoms with Gasteiger partial charge in [0.1, 0.15) is 6.04 Å². The van der Waals surface area contributed by atoms with E-state index in [9.17, 15) is 13.2 Å². The summed E-state index contributed by atoms with van der Waals surface area (Å²) in [5.74, 6) is -0.406. The summed E-state index contributed by atoms with van der Waals surface area (Å²) in [5.41, 5.74) is 0.365. The molecule has 1 fully saturated rings. The predicted octanol–water partition coefficient (Wildman–Crippen LogP) is 3.68. The van der Waals surface area contributed by atoms with Gasteiger partial charge in [-0.2, -0.15) is 4.31 Å². The van der Waals surface area contributed by atoms with Crippen LogP contribution in [-0.4, -0.2) is 36.2 Å². The minimum Gasteiger partial charge on any atom is -0.322 e. The van der Waals surface area contributed by atoms with Gasteiger partial charge in [-0.15, -0.1) is 0 Å². The molecular weight excluding hydrogens is 398 g/mol. The van der Waals surface area contributed by atoms with Crippen LogP contribution >= 0.6 is 11.6 Å². The molecule has 1 saturated heterocycles. The monoisotopic (exact) mass is 415 g/mol. The normalized spacial score (nSPS) is 17.7. The van der Waals surface area contributed by atoms with Crippen molar-refractivity contribution < 1.29 is 13.2 Å². The Labute approximate surface area is 168 Å². The first kappa shape index (κ1) is 18.9. The van der Waals surface area contributed by atoms with Crippen molar-refractivity contribution in [3.63, 3.8) is 0 Å². The Hall–Kier alpha value is -2.48. The summed E-state index contributed by atoms with van der Waals surface area (Å²) >= 11 is 5.99. The van der Waals surface area contributed by atoms with E-state index in [1.54, 1.807) is 30.3 Å². The molecule has 0 radical (unpaired) electrons. The SMILES string of the molecule is O=C(Nc1cccnc1Cl)C1CCCN1S(=O)(=O)c1ccc2ccccc2c1. The number of hydrogen-bond acceptors (Lipinski definition) is 4. The van der Waals surface area contributed by atoms with Crippen LogP contribution in [0.2, 0.25) is 5.15 Å². The van der Waals surface area contributed by atoms with Crippen molar-refractivity contribution >= 4 is 44.0 Å². The van der Waals surface area contributed by atoms with E-state index in [-0.39, 0.29) is 10.0 Å². The van der Waals surface area contributed by atoms with Gasteiger partial charge in [-0.05, 0) is 47.9 Å². The Kier molecular flexibility index (Phi) is 5.05. The van der Waals surface area contributed by atoms with Crippen molar-refractivity contribution in [2.24, 2.45) is 0 Å². The number of nitrogens with zero attached hydrogens (tertiary/aromatic N) is 2. The van der Waals surface area contributed by atoms with Crippen molar-refractivity contribution in [1.82, 2.24) is 9.29 Å². The molecule has 0 aliphatic carbocycles. The van der Waals surface area contributed by atoms with Crippen LogP contribution in [0.25, 0.3) is 10.8 Å². The minimum atomic E-state index is -3.80. The van der Waals surface area contributed by atoms with Gasteiger partial charge in [0.25, 0.3) is 0 Å². The van der Waals surface area contributed by atoms with Gasteiger partial charge < -0.3 is 5.32 Å². The first-order chi connectivity index (χ1) is 13.5. The number of pyridine rings is 1. The van der Waals surface area contributed by atoms with Crippen molar-refractivity contribution in [3.05, 3.63) is 65.9 Å². The number of nitrogens with one attached hydrogen (secondary N) is 1. The minimum absolute atomic E-state index is 0.165. The van der Waals surface area contributed by atoms with Gasteiger partial charge in [0.15, 0.2) is 5.15 Å². The second kappa shape index (κ2) is 7.50. The van der Waals surface area contributed by atoms with Crippen molar-refractivity contribution in [2.75, 3.05) is 11.9 Å². The molecule has 4 rings (SSSR count). The number of amides is 1. The average molecular weight is 416 g/mol. The first-order valence-electron chi connectivity index (χ1n) is 8.89. The van der Waals surface area contributed by atoms with Crippen LogP contribution in [0.15, 0.2) is 65.7 Å². The highest BCUT2D eigenvalue weighted by Crippen LogP contribution is 2.29. The number of sulfonamides is 1. The number of carbonyl (C=O) groups is 1. The number of carbonyl (C=O) groups excluding carboxylic acids is 1. The first-order valence-corrected chi connectivity index (χ1v) is 10.7. The molecule has 6 nitrogen and oxygen atoms in total. The Morgan fingerprint density at radius 1 is 1.11 bits per heavy atom. The number of halogens is 1. The van der Waals surface area contributed by atoms with E-state index < -0.39 is 22.0 Å². The largest absolute Gasteiger partial charge is 0.322 e. The van der Waals surface area contributed by atoms with Crippen LogP contribution in [0.4, 0.5) is 5.69 Å². The number of benzene rings is 2. The summed E-state index contributed by atoms with van der Waals surface area (Å²) in [6.45, 7) is 0.300. The standard InChI is InChI=1S/C20H18ClN3O3S/c21-19-17(7-3-11-22-19)23-20(25)18-8-4-12-24(18)28(26,27)16-10-9-14-5-1-2-6-15(14)13-16/h1-3,5-7,9-11,13,18H,4,8,12H2,(H,23,25). The molecule has 1 aliphatic heterocycles. The van der Waals surface area contributed by atoms with Crippen molar-refractivity contribution in [1.29, 1.82) is 0 Å². The molecule has 1 aliphatic rings. The van der Waals surface area contributed by atoms with Crippen LogP contribution in [0.1, 0.15) is 12.8 Å². The lowest BCUT2D eigenvalue weighted by Gasteiger charge is -2.23. The molecular formula is C20H18ClN3O3S. The summed E-state index contributed by atoms with van der Waals surface area (Å²) in [5, 5.41) is 4.66. The second-order valence-corrected chi connectivity index (χ2v) is 8.86. The smallest absolute Gasteiger partial charge is 0.243 e. The van der Waals surface area contributed by atoms with E-state index in [1.807, 2.05) is 24.3 Å². The average Bonchev–Trinajstić information content (AvgIpc) is 3.20. The molecule has 3 aromatic rings. The fraction of sp³-hybridized carbons (Fsp3) is 0.200. The van der Waals surface area contributed by atoms with Crippen molar-refractivity contribution in [2.45, 2.75) is 23.8 Å². The zero-order valence-corrected chi connectivity index (χ0v) is 16.4. The number of fused-ring (bicyclic) bond motifs is 1. The van der Waals surface area contributed by atoms with E-state index in [0.29, 0.717) is 25.1 Å². The van der Waals surface area contributed by atoms with Crippen LogP contribution in [0.3, 0.4) is 0 Å². The fourth-order valence-electron chi connectivity index (χ4n) is 3.45. The van der Waals surface area contributed by atoms with Crippen LogP contribution in [-0.2, 0) is 14.8 Å². The van der Waals surface area contributed by atoms with Gasteiger partial charge in [0.05, 0.1) is 10.6 Å². The molecule has 0 saturated carbocycles. The molecule has 1 atom stereocenters. The highest BCUT2D eigenvalue weighted by molar-refractivity contribution is 7.89. The Bertz CT molecular complexity index is 1150. The van der Waals surface area contributed by atoms with Gasteiger partial charge in [-0.25, -0.2) is 13.4 Å². The molecule has 28 heavy (non-hydrogen) atoms. The molecule has 0 bridgehead atoms. The van der Waals surface area contributed by atoms with Gasteiger partial charge in [0.2, 0.25) is 15.9 Å². The van der Waals surface area contributed by atoms with E-state index in [2.05, 4.69) is 10.3 Å². The quantitative estimate of drug-likeness (QED) is 0.659. The van der Waals surface area contributed by atoms with Gasteiger partial charge >= 0.3 is 0 Å². The molecule has 144 valence electrons. The molecule has 8 heteroatoms. The topological polar surface area (TPSA) is 79.4 Å². The molecule has 1 amide bonds. The maximum absolute atomic E-state index is 13.2. The number of rotatable bonds is 4. The van der Waals surface area contributed by atoms with Gasteiger partial charge in [-0.1, -0.05) is 41.9 Å². The van der Waals surface area contributed by atoms with E-state index in [0.717, 1.165) is 10.8 Å². The van der Waals surface area contributed by atoms with Gasteiger partial charge in [0, 0.05) is 12.7 Å². The van der Waals surface area contributed by atoms with E-state index in [1.165, 1.54) is 10.5 Å². The van der Waals surface area contributed by atoms with Gasteiger partial charge in [-0.3, -0.25) is 4.79 Å². The number of hydrogen-bond donors (Lipinski definition) is 1. The summed E-state index contributed by atoms with van der Waals surface area (Å²) in [6, 6.07) is 15.1. The number of anilines is 1. The Balaban J connectivity index is 1.62. The lowest BCUT2D eigenvalue weighted by molar-refractivity contribution is -0.119. The molecule has 1 unspecified atom stereocenters. The van der Waals surface area contributed by atoms with E-state index in [4.69, 9.17) is 11.6 Å². The third-order valence-electron chi connectivity index (χ3n) is 4.85. The maximum Gasteiger partial charge on any atom is 0.243 e. The zero-order chi connectivity index (χ0) is 19.7. The lowest BCUT2D eigenvalue weighted by atomic mass is 10.1. The molecule has 1 N–H and O–H groups in total. The second-order valence-electron chi connectivity index (χ2n) is 6.61. The zero-order valence-electron chi connectivity index (χ0n) is 14.9. The number of aromatic nitrogens is 1. The van der Waals surface area contributed by atoms with E-state index >= 15 is 0 Å². The Morgan fingerprint density at radius 3 is 2.68 bits per heavy atom. The summed E-state index contributed by atoms with van der Waals surface area (Å²) in [7, 11) is -3.80.